The fraction of sp³-hybridized carbons (Fsp3) is 0.455. The van der Waals surface area contributed by atoms with Crippen molar-refractivity contribution < 1.29 is 18.4 Å². The Morgan fingerprint density at radius 2 is 2.10 bits per heavy atom. The monoisotopic (exact) mass is 318 g/mol. The molecular formula is C11H18N4O5S. The first-order chi connectivity index (χ1) is 9.66. The van der Waals surface area contributed by atoms with Crippen molar-refractivity contribution in [1.82, 2.24) is 4.90 Å². The Morgan fingerprint density at radius 3 is 2.52 bits per heavy atom. The number of aliphatic hydroxyl groups is 1. The third-order valence-corrected chi connectivity index (χ3v) is 3.60. The molecule has 0 amide bonds. The molecule has 0 aliphatic carbocycles. The SMILES string of the molecule is CN(C)CC(CO)Nc1cccc(S(N)(=O)=O)c1[N+](=O)[O-]. The van der Waals surface area contributed by atoms with Gasteiger partial charge in [-0.25, -0.2) is 13.6 Å². The van der Waals surface area contributed by atoms with Crippen LogP contribution in [0.1, 0.15) is 0 Å². The highest BCUT2D eigenvalue weighted by Crippen LogP contribution is 2.31. The number of para-hydroxylation sites is 1. The van der Waals surface area contributed by atoms with E-state index < -0.39 is 31.6 Å². The highest BCUT2D eigenvalue weighted by molar-refractivity contribution is 7.89. The van der Waals surface area contributed by atoms with E-state index >= 15 is 0 Å². The topological polar surface area (TPSA) is 139 Å². The third kappa shape index (κ3) is 4.63. The van der Waals surface area contributed by atoms with Gasteiger partial charge in [0.25, 0.3) is 0 Å². The molecule has 1 aromatic carbocycles. The Morgan fingerprint density at radius 1 is 1.48 bits per heavy atom. The molecule has 118 valence electrons. The van der Waals surface area contributed by atoms with Gasteiger partial charge in [-0.1, -0.05) is 6.07 Å². The first-order valence-electron chi connectivity index (χ1n) is 5.99. The van der Waals surface area contributed by atoms with Crippen molar-refractivity contribution in [2.75, 3.05) is 32.6 Å². The number of nitrogens with two attached hydrogens (primary N) is 1. The smallest absolute Gasteiger partial charge is 0.312 e. The van der Waals surface area contributed by atoms with Crippen molar-refractivity contribution in [3.63, 3.8) is 0 Å². The predicted octanol–water partition coefficient (Wildman–Crippen LogP) is -0.423. The predicted molar refractivity (Wildman–Crippen MR) is 77.5 cm³/mol. The van der Waals surface area contributed by atoms with E-state index in [1.165, 1.54) is 12.1 Å². The number of nitrogens with one attached hydrogen (secondary N) is 1. The first kappa shape index (κ1) is 17.3. The molecule has 10 heteroatoms. The molecule has 1 aromatic rings. The molecule has 0 spiro atoms. The zero-order chi connectivity index (χ0) is 16.2. The van der Waals surface area contributed by atoms with Gasteiger partial charge in [-0.15, -0.1) is 0 Å². The van der Waals surface area contributed by atoms with Crippen LogP contribution in [0.5, 0.6) is 0 Å². The molecule has 1 unspecified atom stereocenters. The summed E-state index contributed by atoms with van der Waals surface area (Å²) in [5.74, 6) is 0. The lowest BCUT2D eigenvalue weighted by Crippen LogP contribution is -2.35. The maximum Gasteiger partial charge on any atom is 0.312 e. The fourth-order valence-electron chi connectivity index (χ4n) is 1.87. The molecule has 0 aromatic heterocycles. The van der Waals surface area contributed by atoms with Crippen molar-refractivity contribution >= 4 is 21.4 Å². The minimum absolute atomic E-state index is 0.00701. The van der Waals surface area contributed by atoms with E-state index in [1.54, 1.807) is 19.0 Å². The summed E-state index contributed by atoms with van der Waals surface area (Å²) in [6.45, 7) is 0.141. The lowest BCUT2D eigenvalue weighted by Gasteiger charge is -2.21. The average Bonchev–Trinajstić information content (AvgIpc) is 2.35. The quantitative estimate of drug-likeness (QED) is 0.458. The minimum Gasteiger partial charge on any atom is -0.394 e. The van der Waals surface area contributed by atoms with E-state index in [0.717, 1.165) is 6.07 Å². The molecule has 0 saturated heterocycles. The van der Waals surface area contributed by atoms with Crippen LogP contribution in [0.4, 0.5) is 11.4 Å². The summed E-state index contributed by atoms with van der Waals surface area (Å²) in [6.07, 6.45) is 0. The largest absolute Gasteiger partial charge is 0.394 e. The summed E-state index contributed by atoms with van der Waals surface area (Å²) in [5.41, 5.74) is -0.635. The number of hydrogen-bond donors (Lipinski definition) is 3. The van der Waals surface area contributed by atoms with Crippen LogP contribution in [0.2, 0.25) is 0 Å². The molecule has 9 nitrogen and oxygen atoms in total. The Bertz CT molecular complexity index is 617. The number of primary sulfonamides is 1. The molecular weight excluding hydrogens is 300 g/mol. The number of hydrogen-bond acceptors (Lipinski definition) is 7. The zero-order valence-corrected chi connectivity index (χ0v) is 12.5. The lowest BCUT2D eigenvalue weighted by molar-refractivity contribution is -0.386. The van der Waals surface area contributed by atoms with Gasteiger partial charge in [-0.2, -0.15) is 0 Å². The van der Waals surface area contributed by atoms with Crippen LogP contribution in [-0.4, -0.2) is 56.6 Å². The molecule has 4 N–H and O–H groups in total. The summed E-state index contributed by atoms with van der Waals surface area (Å²) in [6, 6.07) is 3.29. The number of rotatable bonds is 7. The fourth-order valence-corrected chi connectivity index (χ4v) is 2.59. The van der Waals surface area contributed by atoms with Crippen LogP contribution in [-0.2, 0) is 10.0 Å². The van der Waals surface area contributed by atoms with Crippen molar-refractivity contribution in [2.24, 2.45) is 5.14 Å². The normalized spacial score (nSPS) is 13.2. The Hall–Kier alpha value is -1.75. The van der Waals surface area contributed by atoms with Crippen LogP contribution in [0.3, 0.4) is 0 Å². The number of nitro groups is 1. The summed E-state index contributed by atoms with van der Waals surface area (Å²) < 4.78 is 22.9. The van der Waals surface area contributed by atoms with Crippen molar-refractivity contribution in [3.8, 4) is 0 Å². The first-order valence-corrected chi connectivity index (χ1v) is 7.53. The van der Waals surface area contributed by atoms with E-state index in [0.29, 0.717) is 6.54 Å². The molecule has 0 saturated carbocycles. The molecule has 1 atom stereocenters. The summed E-state index contributed by atoms with van der Waals surface area (Å²) in [7, 11) is -0.667. The summed E-state index contributed by atoms with van der Waals surface area (Å²) in [4.78, 5) is 11.6. The van der Waals surface area contributed by atoms with Gasteiger partial charge in [0.2, 0.25) is 10.0 Å². The van der Waals surface area contributed by atoms with E-state index in [4.69, 9.17) is 5.14 Å². The van der Waals surface area contributed by atoms with Gasteiger partial charge in [0.15, 0.2) is 4.90 Å². The Labute approximate surface area is 122 Å². The van der Waals surface area contributed by atoms with E-state index in [-0.39, 0.29) is 12.3 Å². The number of nitro benzene ring substituents is 1. The lowest BCUT2D eigenvalue weighted by atomic mass is 10.2. The third-order valence-electron chi connectivity index (χ3n) is 2.65. The zero-order valence-electron chi connectivity index (χ0n) is 11.7. The van der Waals surface area contributed by atoms with E-state index in [1.807, 2.05) is 0 Å². The van der Waals surface area contributed by atoms with Gasteiger partial charge >= 0.3 is 5.69 Å². The highest BCUT2D eigenvalue weighted by atomic mass is 32.2. The maximum absolute atomic E-state index is 11.4. The summed E-state index contributed by atoms with van der Waals surface area (Å²) in [5, 5.41) is 28.2. The van der Waals surface area contributed by atoms with Crippen LogP contribution in [0.25, 0.3) is 0 Å². The van der Waals surface area contributed by atoms with E-state index in [9.17, 15) is 23.6 Å². The van der Waals surface area contributed by atoms with Crippen molar-refractivity contribution in [1.29, 1.82) is 0 Å². The second kappa shape index (κ2) is 6.80. The number of nitrogens with zero attached hydrogens (tertiary/aromatic N) is 2. The van der Waals surface area contributed by atoms with Gasteiger partial charge in [-0.05, 0) is 26.2 Å². The number of benzene rings is 1. The number of aliphatic hydroxyl groups excluding tert-OH is 1. The van der Waals surface area contributed by atoms with Gasteiger partial charge < -0.3 is 15.3 Å². The Balaban J connectivity index is 3.27. The van der Waals surface area contributed by atoms with Crippen molar-refractivity contribution in [3.05, 3.63) is 28.3 Å². The van der Waals surface area contributed by atoms with Crippen molar-refractivity contribution in [2.45, 2.75) is 10.9 Å². The van der Waals surface area contributed by atoms with Crippen LogP contribution in [0.15, 0.2) is 23.1 Å². The van der Waals surface area contributed by atoms with E-state index in [2.05, 4.69) is 5.32 Å². The number of anilines is 1. The van der Waals surface area contributed by atoms with Crippen LogP contribution in [0, 0.1) is 10.1 Å². The molecule has 0 aliphatic rings. The van der Waals surface area contributed by atoms with Crippen LogP contribution >= 0.6 is 0 Å². The second-order valence-electron chi connectivity index (χ2n) is 4.74. The molecule has 1 rings (SSSR count). The van der Waals surface area contributed by atoms with Gasteiger partial charge in [-0.3, -0.25) is 10.1 Å². The molecule has 0 fully saturated rings. The summed E-state index contributed by atoms with van der Waals surface area (Å²) >= 11 is 0. The van der Waals surface area contributed by atoms with Gasteiger partial charge in [0, 0.05) is 6.54 Å². The standard InChI is InChI=1S/C11H18N4O5S/c1-14(2)6-8(7-16)13-9-4-3-5-10(21(12,19)20)11(9)15(17)18/h3-5,8,13,16H,6-7H2,1-2H3,(H2,12,19,20). The van der Waals surface area contributed by atoms with Gasteiger partial charge in [0.05, 0.1) is 17.6 Å². The molecule has 0 radical (unpaired) electrons. The Kier molecular flexibility index (Phi) is 5.61. The molecule has 0 aliphatic heterocycles. The maximum atomic E-state index is 11.4. The molecule has 21 heavy (non-hydrogen) atoms. The van der Waals surface area contributed by atoms with Gasteiger partial charge in [0.1, 0.15) is 5.69 Å². The second-order valence-corrected chi connectivity index (χ2v) is 6.27. The number of likely N-dealkylation sites (N-methyl/N-ethyl adjacent to an activating group) is 1. The molecule has 0 heterocycles. The number of sulfonamides is 1. The highest BCUT2D eigenvalue weighted by Gasteiger charge is 2.27. The minimum atomic E-state index is -4.22. The van der Waals surface area contributed by atoms with Crippen LogP contribution < -0.4 is 10.5 Å². The molecule has 0 bridgehead atoms. The average molecular weight is 318 g/mol.